The molecule has 1 saturated heterocycles. The molecule has 132 valence electrons. The summed E-state index contributed by atoms with van der Waals surface area (Å²) in [4.78, 5) is 15.3. The number of nitro groups is 1. The summed E-state index contributed by atoms with van der Waals surface area (Å²) in [5.41, 5.74) is 3.36. The summed E-state index contributed by atoms with van der Waals surface area (Å²) in [7, 11) is 1.99. The van der Waals surface area contributed by atoms with Crippen molar-refractivity contribution in [2.75, 3.05) is 38.3 Å². The molecule has 25 heavy (non-hydrogen) atoms. The fourth-order valence-electron chi connectivity index (χ4n) is 3.22. The summed E-state index contributed by atoms with van der Waals surface area (Å²) in [6.45, 7) is 4.56. The number of morpholine rings is 1. The topological polar surface area (TPSA) is 58.8 Å². The van der Waals surface area contributed by atoms with Gasteiger partial charge in [0.05, 0.1) is 18.1 Å². The number of ether oxygens (including phenoxy) is 1. The van der Waals surface area contributed by atoms with Crippen LogP contribution in [0.2, 0.25) is 0 Å². The molecule has 0 aliphatic carbocycles. The summed E-state index contributed by atoms with van der Waals surface area (Å²) in [6, 6.07) is 15.3. The fourth-order valence-corrected chi connectivity index (χ4v) is 3.22. The van der Waals surface area contributed by atoms with Crippen molar-refractivity contribution in [3.8, 4) is 0 Å². The van der Waals surface area contributed by atoms with Crippen molar-refractivity contribution >= 4 is 11.4 Å². The molecule has 1 aliphatic rings. The van der Waals surface area contributed by atoms with Crippen LogP contribution in [-0.2, 0) is 17.8 Å². The number of hydrogen-bond acceptors (Lipinski definition) is 5. The highest BCUT2D eigenvalue weighted by Gasteiger charge is 2.17. The van der Waals surface area contributed by atoms with Crippen LogP contribution in [0.1, 0.15) is 11.1 Å². The van der Waals surface area contributed by atoms with Gasteiger partial charge in [0.2, 0.25) is 0 Å². The molecule has 3 rings (SSSR count). The minimum atomic E-state index is -0.315. The lowest BCUT2D eigenvalue weighted by molar-refractivity contribution is -0.385. The quantitative estimate of drug-likeness (QED) is 0.597. The number of hydrogen-bond donors (Lipinski definition) is 0. The SMILES string of the molecule is CN(Cc1ccccc1N1CCOCC1)Cc1ccccc1[N+](=O)[O-]. The zero-order valence-corrected chi connectivity index (χ0v) is 14.4. The van der Waals surface area contributed by atoms with Gasteiger partial charge in [-0.15, -0.1) is 0 Å². The van der Waals surface area contributed by atoms with E-state index in [9.17, 15) is 10.1 Å². The van der Waals surface area contributed by atoms with Crippen molar-refractivity contribution in [3.63, 3.8) is 0 Å². The van der Waals surface area contributed by atoms with Crippen LogP contribution < -0.4 is 4.90 Å². The van der Waals surface area contributed by atoms with Gasteiger partial charge in [0.25, 0.3) is 5.69 Å². The second kappa shape index (κ2) is 8.09. The van der Waals surface area contributed by atoms with Gasteiger partial charge in [-0.1, -0.05) is 36.4 Å². The van der Waals surface area contributed by atoms with Crippen LogP contribution in [0, 0.1) is 10.1 Å². The number of nitrogens with zero attached hydrogens (tertiary/aromatic N) is 3. The highest BCUT2D eigenvalue weighted by molar-refractivity contribution is 5.54. The average molecular weight is 341 g/mol. The second-order valence-corrected chi connectivity index (χ2v) is 6.29. The van der Waals surface area contributed by atoms with Gasteiger partial charge in [0, 0.05) is 43.5 Å². The van der Waals surface area contributed by atoms with E-state index in [4.69, 9.17) is 4.74 Å². The smallest absolute Gasteiger partial charge is 0.273 e. The maximum Gasteiger partial charge on any atom is 0.273 e. The third kappa shape index (κ3) is 4.35. The predicted octanol–water partition coefficient (Wildman–Crippen LogP) is 3.06. The average Bonchev–Trinajstić information content (AvgIpc) is 2.63. The highest BCUT2D eigenvalue weighted by atomic mass is 16.6. The lowest BCUT2D eigenvalue weighted by Gasteiger charge is -2.31. The Hall–Kier alpha value is -2.44. The normalized spacial score (nSPS) is 14.7. The summed E-state index contributed by atoms with van der Waals surface area (Å²) in [6.07, 6.45) is 0. The Bertz CT molecular complexity index is 729. The Morgan fingerprint density at radius 3 is 2.36 bits per heavy atom. The van der Waals surface area contributed by atoms with Gasteiger partial charge in [-0.25, -0.2) is 0 Å². The molecule has 0 bridgehead atoms. The lowest BCUT2D eigenvalue weighted by Crippen LogP contribution is -2.37. The van der Waals surface area contributed by atoms with Gasteiger partial charge in [0.15, 0.2) is 0 Å². The first-order valence-corrected chi connectivity index (χ1v) is 8.46. The first-order chi connectivity index (χ1) is 12.1. The molecule has 2 aromatic rings. The van der Waals surface area contributed by atoms with E-state index >= 15 is 0 Å². The first-order valence-electron chi connectivity index (χ1n) is 8.46. The Morgan fingerprint density at radius 2 is 1.64 bits per heavy atom. The van der Waals surface area contributed by atoms with Gasteiger partial charge in [-0.05, 0) is 18.7 Å². The lowest BCUT2D eigenvalue weighted by atomic mass is 10.1. The van der Waals surface area contributed by atoms with E-state index < -0.39 is 0 Å². The zero-order valence-electron chi connectivity index (χ0n) is 14.4. The molecule has 6 nitrogen and oxygen atoms in total. The monoisotopic (exact) mass is 341 g/mol. The van der Waals surface area contributed by atoms with Crippen LogP contribution in [0.5, 0.6) is 0 Å². The van der Waals surface area contributed by atoms with E-state index in [-0.39, 0.29) is 10.6 Å². The van der Waals surface area contributed by atoms with Gasteiger partial charge in [-0.2, -0.15) is 0 Å². The molecule has 0 radical (unpaired) electrons. The number of anilines is 1. The molecule has 1 fully saturated rings. The number of para-hydroxylation sites is 2. The Morgan fingerprint density at radius 1 is 1.04 bits per heavy atom. The Balaban J connectivity index is 1.73. The maximum absolute atomic E-state index is 11.2. The standard InChI is InChI=1S/C19H23N3O3/c1-20(15-17-7-3-5-9-19(17)22(23)24)14-16-6-2-4-8-18(16)21-10-12-25-13-11-21/h2-9H,10-15H2,1H3. The summed E-state index contributed by atoms with van der Waals surface area (Å²) >= 11 is 0. The molecular formula is C19H23N3O3. The number of rotatable bonds is 6. The van der Waals surface area contributed by atoms with Gasteiger partial charge in [0.1, 0.15) is 0 Å². The Labute approximate surface area is 147 Å². The van der Waals surface area contributed by atoms with Gasteiger partial charge < -0.3 is 9.64 Å². The molecule has 1 aliphatic heterocycles. The van der Waals surface area contributed by atoms with Crippen molar-refractivity contribution in [1.29, 1.82) is 0 Å². The van der Waals surface area contributed by atoms with Gasteiger partial charge >= 0.3 is 0 Å². The number of nitro benzene ring substituents is 1. The molecule has 1 heterocycles. The van der Waals surface area contributed by atoms with E-state index in [0.29, 0.717) is 6.54 Å². The van der Waals surface area contributed by atoms with E-state index in [0.717, 1.165) is 38.4 Å². The third-order valence-corrected chi connectivity index (χ3v) is 4.41. The summed E-state index contributed by atoms with van der Waals surface area (Å²) < 4.78 is 5.44. The van der Waals surface area contributed by atoms with Crippen molar-refractivity contribution in [1.82, 2.24) is 4.90 Å². The maximum atomic E-state index is 11.2. The first kappa shape index (κ1) is 17.4. The van der Waals surface area contributed by atoms with Crippen molar-refractivity contribution < 1.29 is 9.66 Å². The molecule has 0 aromatic heterocycles. The van der Waals surface area contributed by atoms with Crippen molar-refractivity contribution in [2.45, 2.75) is 13.1 Å². The van der Waals surface area contributed by atoms with Crippen LogP contribution in [0.4, 0.5) is 11.4 Å². The van der Waals surface area contributed by atoms with E-state index in [1.807, 2.05) is 25.2 Å². The third-order valence-electron chi connectivity index (χ3n) is 4.41. The van der Waals surface area contributed by atoms with Crippen LogP contribution in [-0.4, -0.2) is 43.2 Å². The van der Waals surface area contributed by atoms with Gasteiger partial charge in [-0.3, -0.25) is 15.0 Å². The van der Waals surface area contributed by atoms with E-state index in [1.54, 1.807) is 12.1 Å². The summed E-state index contributed by atoms with van der Waals surface area (Å²) in [5.74, 6) is 0. The zero-order chi connectivity index (χ0) is 17.6. The van der Waals surface area contributed by atoms with Crippen LogP contribution >= 0.6 is 0 Å². The molecule has 0 saturated carbocycles. The number of benzene rings is 2. The molecule has 0 spiro atoms. The highest BCUT2D eigenvalue weighted by Crippen LogP contribution is 2.24. The largest absolute Gasteiger partial charge is 0.378 e. The predicted molar refractivity (Wildman–Crippen MR) is 97.7 cm³/mol. The molecular weight excluding hydrogens is 318 g/mol. The minimum Gasteiger partial charge on any atom is -0.378 e. The molecule has 0 unspecified atom stereocenters. The van der Waals surface area contributed by atoms with E-state index in [2.05, 4.69) is 28.0 Å². The molecule has 2 aromatic carbocycles. The van der Waals surface area contributed by atoms with Crippen LogP contribution in [0.3, 0.4) is 0 Å². The minimum absolute atomic E-state index is 0.177. The fraction of sp³-hybridized carbons (Fsp3) is 0.368. The molecule has 0 atom stereocenters. The molecule has 6 heteroatoms. The van der Waals surface area contributed by atoms with Crippen LogP contribution in [0.25, 0.3) is 0 Å². The Kier molecular flexibility index (Phi) is 5.63. The van der Waals surface area contributed by atoms with Crippen LogP contribution in [0.15, 0.2) is 48.5 Å². The second-order valence-electron chi connectivity index (χ2n) is 6.29. The van der Waals surface area contributed by atoms with E-state index in [1.165, 1.54) is 11.3 Å². The molecule has 0 N–H and O–H groups in total. The molecule has 0 amide bonds. The summed E-state index contributed by atoms with van der Waals surface area (Å²) in [5, 5.41) is 11.2. The van der Waals surface area contributed by atoms with Crippen molar-refractivity contribution in [2.24, 2.45) is 0 Å². The van der Waals surface area contributed by atoms with Crippen molar-refractivity contribution in [3.05, 3.63) is 69.8 Å².